The van der Waals surface area contributed by atoms with Crippen molar-refractivity contribution in [3.05, 3.63) is 78.3 Å². The summed E-state index contributed by atoms with van der Waals surface area (Å²) < 4.78 is 0. The second-order valence-electron chi connectivity index (χ2n) is 5.83. The average molecular weight is 348 g/mol. The van der Waals surface area contributed by atoms with E-state index in [0.717, 1.165) is 17.5 Å². The van der Waals surface area contributed by atoms with Crippen LogP contribution in [-0.4, -0.2) is 44.3 Å². The van der Waals surface area contributed by atoms with E-state index in [1.54, 1.807) is 42.9 Å². The Balaban J connectivity index is 1.52. The van der Waals surface area contributed by atoms with Crippen LogP contribution >= 0.6 is 0 Å². The Morgan fingerprint density at radius 3 is 2.54 bits per heavy atom. The van der Waals surface area contributed by atoms with Crippen LogP contribution in [-0.2, 0) is 13.0 Å². The Labute approximate surface area is 152 Å². The van der Waals surface area contributed by atoms with Crippen molar-refractivity contribution in [2.45, 2.75) is 13.0 Å². The zero-order valence-electron chi connectivity index (χ0n) is 14.5. The molecule has 3 rings (SSSR count). The molecule has 0 aromatic carbocycles. The first-order valence-electron chi connectivity index (χ1n) is 8.31. The first kappa shape index (κ1) is 17.5. The van der Waals surface area contributed by atoms with Crippen LogP contribution < -0.4 is 5.32 Å². The maximum atomic E-state index is 12.4. The Hall–Kier alpha value is -3.35. The molecule has 0 unspecified atom stereocenters. The number of hydrogen-bond acceptors (Lipinski definition) is 6. The summed E-state index contributed by atoms with van der Waals surface area (Å²) in [5, 5.41) is 3.16. The topological polar surface area (TPSA) is 83.9 Å². The summed E-state index contributed by atoms with van der Waals surface area (Å²) in [6.07, 6.45) is 10.9. The van der Waals surface area contributed by atoms with E-state index in [0.29, 0.717) is 24.6 Å². The molecule has 0 aliphatic carbocycles. The van der Waals surface area contributed by atoms with Crippen LogP contribution in [0, 0.1) is 0 Å². The van der Waals surface area contributed by atoms with E-state index in [2.05, 4.69) is 25.3 Å². The number of nitrogens with one attached hydrogen (secondary N) is 1. The van der Waals surface area contributed by atoms with E-state index < -0.39 is 0 Å². The minimum absolute atomic E-state index is 0.148. The van der Waals surface area contributed by atoms with Crippen LogP contribution in [0.25, 0.3) is 0 Å². The van der Waals surface area contributed by atoms with E-state index in [1.165, 1.54) is 6.20 Å². The van der Waals surface area contributed by atoms with Gasteiger partial charge in [-0.3, -0.25) is 14.8 Å². The second kappa shape index (κ2) is 8.66. The van der Waals surface area contributed by atoms with Crippen LogP contribution in [0.2, 0.25) is 0 Å². The van der Waals surface area contributed by atoms with Gasteiger partial charge in [-0.15, -0.1) is 0 Å². The van der Waals surface area contributed by atoms with E-state index in [9.17, 15) is 4.79 Å². The fraction of sp³-hybridized carbons (Fsp3) is 0.211. The van der Waals surface area contributed by atoms with Gasteiger partial charge in [0.25, 0.3) is 5.91 Å². The van der Waals surface area contributed by atoms with Crippen molar-refractivity contribution in [1.29, 1.82) is 0 Å². The molecule has 0 saturated heterocycles. The van der Waals surface area contributed by atoms with E-state index in [4.69, 9.17) is 0 Å². The SMILES string of the molecule is CN(CCc1ccncc1)C(=O)c1cnc(NCc2cccnc2)cn1. The zero-order chi connectivity index (χ0) is 18.2. The molecule has 0 fully saturated rings. The summed E-state index contributed by atoms with van der Waals surface area (Å²) in [7, 11) is 1.76. The van der Waals surface area contributed by atoms with E-state index >= 15 is 0 Å². The molecule has 7 heteroatoms. The number of likely N-dealkylation sites (N-methyl/N-ethyl adjacent to an activating group) is 1. The highest BCUT2D eigenvalue weighted by Gasteiger charge is 2.13. The number of carbonyl (C=O) groups is 1. The van der Waals surface area contributed by atoms with Crippen LogP contribution in [0.15, 0.2) is 61.4 Å². The molecule has 3 aromatic rings. The van der Waals surface area contributed by atoms with Gasteiger partial charge in [-0.1, -0.05) is 6.07 Å². The zero-order valence-corrected chi connectivity index (χ0v) is 14.5. The monoisotopic (exact) mass is 348 g/mol. The Bertz CT molecular complexity index is 824. The molecular weight excluding hydrogens is 328 g/mol. The predicted molar refractivity (Wildman–Crippen MR) is 98.5 cm³/mol. The van der Waals surface area contributed by atoms with Crippen LogP contribution in [0.4, 0.5) is 5.82 Å². The number of pyridine rings is 2. The standard InChI is InChI=1S/C19H20N6O/c1-25(10-6-15-4-8-20-9-5-15)19(26)17-13-24-18(14-22-17)23-12-16-3-2-7-21-11-16/h2-5,7-9,11,13-14H,6,10,12H2,1H3,(H,23,24). The van der Waals surface area contributed by atoms with Gasteiger partial charge in [0, 0.05) is 44.9 Å². The van der Waals surface area contributed by atoms with Gasteiger partial charge in [0.15, 0.2) is 0 Å². The Morgan fingerprint density at radius 1 is 1.00 bits per heavy atom. The quantitative estimate of drug-likeness (QED) is 0.705. The molecule has 3 heterocycles. The minimum Gasteiger partial charge on any atom is -0.365 e. The van der Waals surface area contributed by atoms with Crippen molar-refractivity contribution >= 4 is 11.7 Å². The third-order valence-corrected chi connectivity index (χ3v) is 3.90. The third-order valence-electron chi connectivity index (χ3n) is 3.90. The van der Waals surface area contributed by atoms with E-state index in [1.807, 2.05) is 24.3 Å². The first-order valence-corrected chi connectivity index (χ1v) is 8.31. The average Bonchev–Trinajstić information content (AvgIpc) is 2.72. The fourth-order valence-corrected chi connectivity index (χ4v) is 2.37. The second-order valence-corrected chi connectivity index (χ2v) is 5.83. The smallest absolute Gasteiger partial charge is 0.273 e. The highest BCUT2D eigenvalue weighted by Crippen LogP contribution is 2.07. The lowest BCUT2D eigenvalue weighted by Crippen LogP contribution is -2.29. The molecule has 0 aliphatic heterocycles. The van der Waals surface area contributed by atoms with Crippen molar-refractivity contribution in [1.82, 2.24) is 24.8 Å². The summed E-state index contributed by atoms with van der Waals surface area (Å²) in [5.41, 5.74) is 2.51. The molecule has 0 saturated carbocycles. The predicted octanol–water partition coefficient (Wildman–Crippen LogP) is 2.19. The highest BCUT2D eigenvalue weighted by molar-refractivity contribution is 5.91. The molecule has 1 amide bonds. The molecular formula is C19H20N6O. The van der Waals surface area contributed by atoms with E-state index in [-0.39, 0.29) is 5.91 Å². The molecule has 0 spiro atoms. The van der Waals surface area contributed by atoms with Crippen LogP contribution in [0.5, 0.6) is 0 Å². The molecule has 0 radical (unpaired) electrons. The number of rotatable bonds is 7. The Kier molecular flexibility index (Phi) is 5.82. The molecule has 26 heavy (non-hydrogen) atoms. The highest BCUT2D eigenvalue weighted by atomic mass is 16.2. The van der Waals surface area contributed by atoms with Crippen molar-refractivity contribution in [3.8, 4) is 0 Å². The number of carbonyl (C=O) groups excluding carboxylic acids is 1. The lowest BCUT2D eigenvalue weighted by atomic mass is 10.2. The number of aromatic nitrogens is 4. The number of nitrogens with zero attached hydrogens (tertiary/aromatic N) is 5. The first-order chi connectivity index (χ1) is 12.7. The van der Waals surface area contributed by atoms with Crippen LogP contribution in [0.3, 0.4) is 0 Å². The minimum atomic E-state index is -0.148. The summed E-state index contributed by atoms with van der Waals surface area (Å²) in [6.45, 7) is 1.20. The van der Waals surface area contributed by atoms with Gasteiger partial charge in [-0.25, -0.2) is 9.97 Å². The van der Waals surface area contributed by atoms with Gasteiger partial charge in [0.1, 0.15) is 11.5 Å². The molecule has 1 N–H and O–H groups in total. The number of amides is 1. The van der Waals surface area contributed by atoms with Gasteiger partial charge < -0.3 is 10.2 Å². The van der Waals surface area contributed by atoms with Gasteiger partial charge in [0.05, 0.1) is 12.4 Å². The Morgan fingerprint density at radius 2 is 1.85 bits per heavy atom. The molecule has 7 nitrogen and oxygen atoms in total. The largest absolute Gasteiger partial charge is 0.365 e. The number of hydrogen-bond donors (Lipinski definition) is 1. The van der Waals surface area contributed by atoms with Gasteiger partial charge in [-0.05, 0) is 35.7 Å². The molecule has 3 aromatic heterocycles. The lowest BCUT2D eigenvalue weighted by Gasteiger charge is -2.16. The summed E-state index contributed by atoms with van der Waals surface area (Å²) in [5.74, 6) is 0.468. The fourth-order valence-electron chi connectivity index (χ4n) is 2.37. The molecule has 0 atom stereocenters. The molecule has 0 bridgehead atoms. The van der Waals surface area contributed by atoms with Gasteiger partial charge >= 0.3 is 0 Å². The van der Waals surface area contributed by atoms with Gasteiger partial charge in [-0.2, -0.15) is 0 Å². The van der Waals surface area contributed by atoms with Crippen molar-refractivity contribution in [2.24, 2.45) is 0 Å². The summed E-state index contributed by atoms with van der Waals surface area (Å²) in [4.78, 5) is 30.6. The molecule has 0 aliphatic rings. The maximum absolute atomic E-state index is 12.4. The maximum Gasteiger partial charge on any atom is 0.273 e. The van der Waals surface area contributed by atoms with Crippen LogP contribution in [0.1, 0.15) is 21.6 Å². The van der Waals surface area contributed by atoms with Crippen molar-refractivity contribution in [3.63, 3.8) is 0 Å². The normalized spacial score (nSPS) is 10.3. The lowest BCUT2D eigenvalue weighted by molar-refractivity contribution is 0.0790. The van der Waals surface area contributed by atoms with Gasteiger partial charge in [0.2, 0.25) is 0 Å². The summed E-state index contributed by atoms with van der Waals surface area (Å²) >= 11 is 0. The third kappa shape index (κ3) is 4.83. The summed E-state index contributed by atoms with van der Waals surface area (Å²) in [6, 6.07) is 7.75. The molecule has 132 valence electrons. The van der Waals surface area contributed by atoms with Crippen molar-refractivity contribution < 1.29 is 4.79 Å². The van der Waals surface area contributed by atoms with Crippen molar-refractivity contribution in [2.75, 3.05) is 18.9 Å². The number of anilines is 1.